The highest BCUT2D eigenvalue weighted by Gasteiger charge is 2.48. The smallest absolute Gasteiger partial charge is 0.271 e. The molecule has 0 bridgehead atoms. The van der Waals surface area contributed by atoms with Crippen molar-refractivity contribution in [1.29, 1.82) is 0 Å². The third-order valence-electron chi connectivity index (χ3n) is 7.85. The molecule has 1 saturated carbocycles. The number of carbonyl (C=O) groups is 2. The van der Waals surface area contributed by atoms with Crippen molar-refractivity contribution in [2.45, 2.75) is 77.0 Å². The zero-order valence-electron chi connectivity index (χ0n) is 20.8. The second kappa shape index (κ2) is 9.73. The van der Waals surface area contributed by atoms with Crippen LogP contribution in [0.5, 0.6) is 0 Å². The molecule has 5 rings (SSSR count). The topological polar surface area (TPSA) is 54.3 Å². The Kier molecular flexibility index (Phi) is 6.50. The minimum atomic E-state index is -0.999. The number of nitrogens with one attached hydrogen (secondary N) is 1. The number of aromatic nitrogens is 1. The van der Waals surface area contributed by atoms with E-state index in [-0.39, 0.29) is 17.9 Å². The van der Waals surface area contributed by atoms with Gasteiger partial charge in [-0.1, -0.05) is 80.3 Å². The van der Waals surface area contributed by atoms with E-state index in [1.54, 1.807) is 4.90 Å². The molecular formula is C30H35N3O2. The van der Waals surface area contributed by atoms with Crippen LogP contribution in [0, 0.1) is 6.92 Å². The number of benzene rings is 2. The van der Waals surface area contributed by atoms with E-state index in [2.05, 4.69) is 36.5 Å². The van der Waals surface area contributed by atoms with Gasteiger partial charge in [-0.3, -0.25) is 9.59 Å². The van der Waals surface area contributed by atoms with Crippen molar-refractivity contribution in [3.05, 3.63) is 83.6 Å². The van der Waals surface area contributed by atoms with Gasteiger partial charge in [-0.2, -0.15) is 0 Å². The lowest BCUT2D eigenvalue weighted by Crippen LogP contribution is -2.64. The molecule has 2 amide bonds. The van der Waals surface area contributed by atoms with Crippen LogP contribution in [-0.2, 0) is 17.9 Å². The van der Waals surface area contributed by atoms with Crippen molar-refractivity contribution in [2.24, 2.45) is 0 Å². The molecule has 3 aromatic rings. The molecule has 1 aliphatic carbocycles. The molecule has 2 heterocycles. The van der Waals surface area contributed by atoms with Gasteiger partial charge in [-0.05, 0) is 55.5 Å². The number of hydrogen-bond donors (Lipinski definition) is 1. The van der Waals surface area contributed by atoms with Crippen LogP contribution < -0.4 is 5.32 Å². The largest absolute Gasteiger partial charge is 0.351 e. The Morgan fingerprint density at radius 3 is 2.29 bits per heavy atom. The van der Waals surface area contributed by atoms with Crippen LogP contribution >= 0.6 is 0 Å². The molecule has 1 aliphatic heterocycles. The summed E-state index contributed by atoms with van der Waals surface area (Å²) in [5, 5.41) is 3.36. The maximum absolute atomic E-state index is 14.0. The Bertz CT molecular complexity index is 1210. The van der Waals surface area contributed by atoms with Gasteiger partial charge in [0.2, 0.25) is 5.91 Å². The molecule has 5 heteroatoms. The third kappa shape index (κ3) is 4.52. The maximum Gasteiger partial charge on any atom is 0.271 e. The van der Waals surface area contributed by atoms with Crippen molar-refractivity contribution < 1.29 is 9.59 Å². The van der Waals surface area contributed by atoms with Crippen molar-refractivity contribution in [3.8, 4) is 11.3 Å². The average Bonchev–Trinajstić information content (AvgIpc) is 3.11. The Labute approximate surface area is 208 Å². The lowest BCUT2D eigenvalue weighted by Gasteiger charge is -2.45. The van der Waals surface area contributed by atoms with E-state index in [0.717, 1.165) is 48.1 Å². The van der Waals surface area contributed by atoms with Gasteiger partial charge in [0.25, 0.3) is 5.91 Å². The second-order valence-corrected chi connectivity index (χ2v) is 10.3. The van der Waals surface area contributed by atoms with E-state index in [4.69, 9.17) is 0 Å². The molecule has 0 saturated heterocycles. The van der Waals surface area contributed by atoms with Gasteiger partial charge < -0.3 is 14.8 Å². The summed E-state index contributed by atoms with van der Waals surface area (Å²) in [5.41, 5.74) is 3.84. The zero-order valence-corrected chi connectivity index (χ0v) is 20.8. The number of aryl methyl sites for hydroxylation is 1. The van der Waals surface area contributed by atoms with Crippen LogP contribution in [0.25, 0.3) is 11.3 Å². The summed E-state index contributed by atoms with van der Waals surface area (Å²) in [5.74, 6) is -0.148. The molecule has 1 unspecified atom stereocenters. The summed E-state index contributed by atoms with van der Waals surface area (Å²) in [7, 11) is 0. The van der Waals surface area contributed by atoms with E-state index in [1.807, 2.05) is 54.0 Å². The predicted molar refractivity (Wildman–Crippen MR) is 139 cm³/mol. The first-order valence-corrected chi connectivity index (χ1v) is 12.9. The minimum Gasteiger partial charge on any atom is -0.351 e. The third-order valence-corrected chi connectivity index (χ3v) is 7.85. The van der Waals surface area contributed by atoms with Gasteiger partial charge in [-0.25, -0.2) is 0 Å². The van der Waals surface area contributed by atoms with Gasteiger partial charge in [0.1, 0.15) is 11.2 Å². The van der Waals surface area contributed by atoms with Crippen molar-refractivity contribution in [1.82, 2.24) is 14.8 Å². The highest BCUT2D eigenvalue weighted by molar-refractivity contribution is 6.00. The lowest BCUT2D eigenvalue weighted by atomic mass is 9.92. The number of amides is 2. The van der Waals surface area contributed by atoms with E-state index < -0.39 is 5.54 Å². The van der Waals surface area contributed by atoms with Crippen LogP contribution in [0.3, 0.4) is 0 Å². The predicted octanol–water partition coefficient (Wildman–Crippen LogP) is 5.72. The zero-order chi connectivity index (χ0) is 24.4. The molecule has 0 radical (unpaired) electrons. The highest BCUT2D eigenvalue weighted by atomic mass is 16.2. The van der Waals surface area contributed by atoms with Gasteiger partial charge in [-0.15, -0.1) is 0 Å². The molecule has 2 aliphatic rings. The Hall–Kier alpha value is -3.34. The molecule has 1 atom stereocenters. The quantitative estimate of drug-likeness (QED) is 0.486. The minimum absolute atomic E-state index is 0.0512. The first-order chi connectivity index (χ1) is 17.0. The Morgan fingerprint density at radius 1 is 0.914 bits per heavy atom. The fraction of sp³-hybridized carbons (Fsp3) is 0.400. The second-order valence-electron chi connectivity index (χ2n) is 10.3. The van der Waals surface area contributed by atoms with Crippen molar-refractivity contribution in [2.75, 3.05) is 0 Å². The van der Waals surface area contributed by atoms with Gasteiger partial charge in [0.05, 0.1) is 6.54 Å². The first kappa shape index (κ1) is 23.4. The first-order valence-electron chi connectivity index (χ1n) is 12.9. The number of fused-ring (bicyclic) bond motifs is 1. The fourth-order valence-corrected chi connectivity index (χ4v) is 5.60. The molecule has 1 aromatic heterocycles. The Balaban J connectivity index is 1.54. The van der Waals surface area contributed by atoms with E-state index in [9.17, 15) is 9.59 Å². The molecular weight excluding hydrogens is 434 g/mol. The van der Waals surface area contributed by atoms with E-state index in [0.29, 0.717) is 18.8 Å². The van der Waals surface area contributed by atoms with E-state index in [1.165, 1.54) is 12.8 Å². The molecule has 1 N–H and O–H groups in total. The average molecular weight is 470 g/mol. The highest BCUT2D eigenvalue weighted by Crippen LogP contribution is 2.35. The van der Waals surface area contributed by atoms with Crippen LogP contribution in [0.4, 0.5) is 0 Å². The number of nitrogens with zero attached hydrogens (tertiary/aromatic N) is 2. The van der Waals surface area contributed by atoms with Gasteiger partial charge >= 0.3 is 0 Å². The molecule has 0 spiro atoms. The summed E-state index contributed by atoms with van der Waals surface area (Å²) in [6.45, 7) is 4.83. The number of hydrogen-bond acceptors (Lipinski definition) is 2. The maximum atomic E-state index is 14.0. The molecule has 2 aromatic carbocycles. The van der Waals surface area contributed by atoms with Crippen LogP contribution in [0.15, 0.2) is 66.7 Å². The molecule has 5 nitrogen and oxygen atoms in total. The fourth-order valence-electron chi connectivity index (χ4n) is 5.60. The number of rotatable bonds is 5. The van der Waals surface area contributed by atoms with Crippen LogP contribution in [-0.4, -0.2) is 32.9 Å². The molecule has 35 heavy (non-hydrogen) atoms. The summed E-state index contributed by atoms with van der Waals surface area (Å²) < 4.78 is 2.04. The Morgan fingerprint density at radius 2 is 1.57 bits per heavy atom. The monoisotopic (exact) mass is 469 g/mol. The van der Waals surface area contributed by atoms with Crippen LogP contribution in [0.1, 0.15) is 67.1 Å². The lowest BCUT2D eigenvalue weighted by molar-refractivity contribution is -0.134. The van der Waals surface area contributed by atoms with E-state index >= 15 is 0 Å². The van der Waals surface area contributed by atoms with Crippen molar-refractivity contribution in [3.63, 3.8) is 0 Å². The number of carbonyl (C=O) groups excluding carboxylic acids is 2. The summed E-state index contributed by atoms with van der Waals surface area (Å²) in [6, 6.07) is 22.3. The summed E-state index contributed by atoms with van der Waals surface area (Å²) in [4.78, 5) is 29.8. The van der Waals surface area contributed by atoms with Gasteiger partial charge in [0.15, 0.2) is 0 Å². The summed E-state index contributed by atoms with van der Waals surface area (Å²) >= 11 is 0. The standard InChI is InChI=1S/C30H35N3O2/c1-22-12-10-11-15-24(22)20-33-28(34)27-19-18-26(23-13-6-5-7-14-23)32(27)21-30(33,2)29(35)31-25-16-8-3-4-9-17-25/h5-7,10-15,18-19,25H,3-4,8-9,16-17,20-21H2,1-2H3,(H,31,35). The van der Waals surface area contributed by atoms with Crippen molar-refractivity contribution >= 4 is 11.8 Å². The SMILES string of the molecule is Cc1ccccc1CN1C(=O)c2ccc(-c3ccccc3)n2CC1(C)C(=O)NC1CCCCCC1. The van der Waals surface area contributed by atoms with Gasteiger partial charge in [0, 0.05) is 18.3 Å². The molecule has 182 valence electrons. The van der Waals surface area contributed by atoms with Crippen LogP contribution in [0.2, 0.25) is 0 Å². The normalized spacial score (nSPS) is 20.9. The molecule has 1 fully saturated rings. The summed E-state index contributed by atoms with van der Waals surface area (Å²) in [6.07, 6.45) is 6.78.